The molecular weight excluding hydrogens is 334 g/mol. The molecule has 1 aliphatic heterocycles. The van der Waals surface area contributed by atoms with E-state index in [0.717, 1.165) is 5.69 Å². The summed E-state index contributed by atoms with van der Waals surface area (Å²) in [7, 11) is 0. The number of amides is 1. The van der Waals surface area contributed by atoms with Gasteiger partial charge < -0.3 is 15.4 Å². The summed E-state index contributed by atoms with van der Waals surface area (Å²) in [5.74, 6) is 1.24. The first-order valence-electron chi connectivity index (χ1n) is 7.94. The highest BCUT2D eigenvalue weighted by Gasteiger charge is 2.27. The Hall–Kier alpha value is -3.62. The van der Waals surface area contributed by atoms with Gasteiger partial charge >= 0.3 is 0 Å². The molecule has 0 bridgehead atoms. The Morgan fingerprint density at radius 1 is 1.19 bits per heavy atom. The van der Waals surface area contributed by atoms with E-state index in [1.807, 2.05) is 25.1 Å². The van der Waals surface area contributed by atoms with Crippen molar-refractivity contribution in [2.24, 2.45) is 5.73 Å². The first-order valence-corrected chi connectivity index (χ1v) is 7.94. The highest BCUT2D eigenvalue weighted by atomic mass is 16.5. The number of aryl methyl sites for hydroxylation is 1. The van der Waals surface area contributed by atoms with Gasteiger partial charge in [0.2, 0.25) is 0 Å². The topological polar surface area (TPSA) is 120 Å². The van der Waals surface area contributed by atoms with Crippen LogP contribution in [0.1, 0.15) is 16.1 Å². The van der Waals surface area contributed by atoms with Gasteiger partial charge in [-0.1, -0.05) is 6.07 Å². The van der Waals surface area contributed by atoms with Crippen LogP contribution >= 0.6 is 0 Å². The first-order chi connectivity index (χ1) is 12.6. The van der Waals surface area contributed by atoms with Crippen LogP contribution in [0.4, 0.5) is 11.6 Å². The number of primary amides is 1. The molecule has 0 atom stereocenters. The minimum atomic E-state index is -0.608. The zero-order chi connectivity index (χ0) is 18.1. The molecule has 0 saturated heterocycles. The molecule has 0 radical (unpaired) electrons. The quantitative estimate of drug-likeness (QED) is 0.750. The van der Waals surface area contributed by atoms with Crippen molar-refractivity contribution < 1.29 is 9.53 Å². The molecule has 4 heterocycles. The van der Waals surface area contributed by atoms with Crippen LogP contribution < -0.4 is 15.4 Å². The highest BCUT2D eigenvalue weighted by Crippen LogP contribution is 2.35. The number of nitrogens with zero attached hydrogens (tertiary/aromatic N) is 6. The summed E-state index contributed by atoms with van der Waals surface area (Å²) in [6, 6.07) is 5.63. The van der Waals surface area contributed by atoms with Crippen LogP contribution in [0.2, 0.25) is 0 Å². The van der Waals surface area contributed by atoms with Gasteiger partial charge in [0, 0.05) is 11.9 Å². The average molecular weight is 349 g/mol. The lowest BCUT2D eigenvalue weighted by Crippen LogP contribution is -2.32. The lowest BCUT2D eigenvalue weighted by molar-refractivity contribution is 0.1000. The second kappa shape index (κ2) is 6.36. The fourth-order valence-corrected chi connectivity index (χ4v) is 2.72. The van der Waals surface area contributed by atoms with Gasteiger partial charge in [-0.15, -0.1) is 0 Å². The number of nitrogens with two attached hydrogens (primary N) is 1. The van der Waals surface area contributed by atoms with Gasteiger partial charge in [-0.3, -0.25) is 4.79 Å². The van der Waals surface area contributed by atoms with Crippen LogP contribution in [0, 0.1) is 6.92 Å². The number of pyridine rings is 1. The van der Waals surface area contributed by atoms with E-state index in [1.54, 1.807) is 11.1 Å². The minimum absolute atomic E-state index is 0.217. The molecule has 0 aromatic carbocycles. The van der Waals surface area contributed by atoms with Crippen molar-refractivity contribution >= 4 is 17.5 Å². The molecule has 2 N–H and O–H groups in total. The molecule has 0 unspecified atom stereocenters. The van der Waals surface area contributed by atoms with Gasteiger partial charge in [-0.25, -0.2) is 24.9 Å². The number of ether oxygens (including phenoxy) is 1. The lowest BCUT2D eigenvalue weighted by Gasteiger charge is -2.29. The van der Waals surface area contributed by atoms with Crippen LogP contribution in [0.5, 0.6) is 5.75 Å². The molecule has 0 spiro atoms. The monoisotopic (exact) mass is 349 g/mol. The van der Waals surface area contributed by atoms with E-state index in [4.69, 9.17) is 10.5 Å². The largest absolute Gasteiger partial charge is 0.486 e. The van der Waals surface area contributed by atoms with Gasteiger partial charge in [-0.2, -0.15) is 0 Å². The van der Waals surface area contributed by atoms with Gasteiger partial charge in [0.25, 0.3) is 5.91 Å². The van der Waals surface area contributed by atoms with E-state index in [1.165, 1.54) is 12.5 Å². The summed E-state index contributed by atoms with van der Waals surface area (Å²) in [5.41, 5.74) is 7.19. The van der Waals surface area contributed by atoms with Gasteiger partial charge in [0.1, 0.15) is 24.2 Å². The lowest BCUT2D eigenvalue weighted by atomic mass is 10.2. The van der Waals surface area contributed by atoms with Crippen LogP contribution in [0.3, 0.4) is 0 Å². The van der Waals surface area contributed by atoms with Crippen molar-refractivity contribution in [3.05, 3.63) is 48.2 Å². The number of fused-ring (bicyclic) bond motifs is 1. The minimum Gasteiger partial charge on any atom is -0.486 e. The predicted octanol–water partition coefficient (Wildman–Crippen LogP) is 1.27. The second-order valence-electron chi connectivity index (χ2n) is 5.67. The maximum atomic E-state index is 11.7. The summed E-state index contributed by atoms with van der Waals surface area (Å²) >= 11 is 0. The second-order valence-corrected chi connectivity index (χ2v) is 5.67. The maximum Gasteiger partial charge on any atom is 0.254 e. The van der Waals surface area contributed by atoms with E-state index < -0.39 is 5.91 Å². The number of hydrogen-bond acceptors (Lipinski definition) is 8. The third kappa shape index (κ3) is 2.79. The normalized spacial score (nSPS) is 13.0. The number of anilines is 2. The Labute approximate surface area is 148 Å². The van der Waals surface area contributed by atoms with Crippen LogP contribution in [0.25, 0.3) is 11.5 Å². The Morgan fingerprint density at radius 2 is 2.08 bits per heavy atom. The van der Waals surface area contributed by atoms with Crippen LogP contribution in [-0.2, 0) is 0 Å². The van der Waals surface area contributed by atoms with Crippen molar-refractivity contribution in [2.75, 3.05) is 18.1 Å². The van der Waals surface area contributed by atoms with E-state index in [0.29, 0.717) is 42.1 Å². The number of hydrogen-bond donors (Lipinski definition) is 1. The Bertz CT molecular complexity index is 992. The molecule has 0 fully saturated rings. The zero-order valence-corrected chi connectivity index (χ0v) is 14.0. The van der Waals surface area contributed by atoms with Crippen molar-refractivity contribution in [1.29, 1.82) is 0 Å². The van der Waals surface area contributed by atoms with Crippen molar-refractivity contribution in [3.8, 4) is 17.3 Å². The molecule has 9 nitrogen and oxygen atoms in total. The highest BCUT2D eigenvalue weighted by molar-refractivity contribution is 5.98. The fourth-order valence-electron chi connectivity index (χ4n) is 2.72. The molecule has 4 rings (SSSR count). The summed E-state index contributed by atoms with van der Waals surface area (Å²) in [5, 5.41) is 0. The number of carbonyl (C=O) groups is 1. The third-order valence-electron chi connectivity index (χ3n) is 3.89. The van der Waals surface area contributed by atoms with E-state index >= 15 is 0 Å². The molecule has 1 amide bonds. The molecule has 130 valence electrons. The number of carbonyl (C=O) groups excluding carboxylic acids is 1. The average Bonchev–Trinajstić information content (AvgIpc) is 2.67. The summed E-state index contributed by atoms with van der Waals surface area (Å²) in [6.45, 7) is 2.76. The third-order valence-corrected chi connectivity index (χ3v) is 3.89. The maximum absolute atomic E-state index is 11.7. The Morgan fingerprint density at radius 3 is 2.88 bits per heavy atom. The molecule has 3 aromatic heterocycles. The zero-order valence-electron chi connectivity index (χ0n) is 14.0. The molecule has 3 aromatic rings. The van der Waals surface area contributed by atoms with Crippen LogP contribution in [-0.4, -0.2) is 44.0 Å². The van der Waals surface area contributed by atoms with Gasteiger partial charge in [0.05, 0.1) is 12.7 Å². The summed E-state index contributed by atoms with van der Waals surface area (Å²) < 4.78 is 5.64. The molecule has 9 heteroatoms. The summed E-state index contributed by atoms with van der Waals surface area (Å²) in [4.78, 5) is 35.0. The van der Waals surface area contributed by atoms with Gasteiger partial charge in [0.15, 0.2) is 23.2 Å². The fraction of sp³-hybridized carbons (Fsp3) is 0.176. The standard InChI is InChI=1S/C17H15N7O2/c1-10-3-2-4-12(22-10)15-20-8-13-17(23-15)24(5-6-26-13)16-11(14(18)25)7-19-9-21-16/h2-4,7-9H,5-6H2,1H3,(H2,18,25). The molecule has 0 saturated carbocycles. The Balaban J connectivity index is 1.83. The molecule has 26 heavy (non-hydrogen) atoms. The Kier molecular flexibility index (Phi) is 3.88. The number of aromatic nitrogens is 5. The van der Waals surface area contributed by atoms with E-state index in [-0.39, 0.29) is 5.56 Å². The van der Waals surface area contributed by atoms with E-state index in [2.05, 4.69) is 24.9 Å². The molecule has 1 aliphatic rings. The smallest absolute Gasteiger partial charge is 0.254 e. The van der Waals surface area contributed by atoms with Crippen LogP contribution in [0.15, 0.2) is 36.9 Å². The first kappa shape index (κ1) is 15.9. The van der Waals surface area contributed by atoms with Gasteiger partial charge in [-0.05, 0) is 19.1 Å². The number of rotatable bonds is 3. The molecule has 0 aliphatic carbocycles. The van der Waals surface area contributed by atoms with E-state index in [9.17, 15) is 4.79 Å². The van der Waals surface area contributed by atoms with Crippen molar-refractivity contribution in [1.82, 2.24) is 24.9 Å². The SMILES string of the molecule is Cc1cccc(-c2ncc3c(n2)N(c2ncncc2C(N)=O)CCO3)n1. The van der Waals surface area contributed by atoms with Crippen molar-refractivity contribution in [3.63, 3.8) is 0 Å². The molecular formula is C17H15N7O2. The summed E-state index contributed by atoms with van der Waals surface area (Å²) in [6.07, 6.45) is 4.35. The van der Waals surface area contributed by atoms with Crippen molar-refractivity contribution in [2.45, 2.75) is 6.92 Å². The predicted molar refractivity (Wildman–Crippen MR) is 93.1 cm³/mol.